The van der Waals surface area contributed by atoms with Crippen LogP contribution >= 0.6 is 0 Å². The Kier molecular flexibility index (Phi) is 4.89. The molecule has 1 aliphatic heterocycles. The lowest BCUT2D eigenvalue weighted by atomic mass is 10.1. The van der Waals surface area contributed by atoms with Crippen molar-refractivity contribution in [2.45, 2.75) is 0 Å². The Labute approximate surface area is 161 Å². The van der Waals surface area contributed by atoms with Crippen molar-refractivity contribution in [3.63, 3.8) is 0 Å². The summed E-state index contributed by atoms with van der Waals surface area (Å²) in [6.07, 6.45) is 3.27. The highest BCUT2D eigenvalue weighted by atomic mass is 19.1. The number of halogens is 1. The summed E-state index contributed by atoms with van der Waals surface area (Å²) in [4.78, 5) is 28.6. The molecule has 2 amide bonds. The molecule has 4 rings (SSSR count). The Morgan fingerprint density at radius 2 is 1.46 bits per heavy atom. The lowest BCUT2D eigenvalue weighted by Gasteiger charge is -2.34. The predicted molar refractivity (Wildman–Crippen MR) is 102 cm³/mol. The van der Waals surface area contributed by atoms with Crippen molar-refractivity contribution in [2.75, 3.05) is 26.2 Å². The van der Waals surface area contributed by atoms with Crippen LogP contribution in [0.3, 0.4) is 0 Å². The zero-order valence-corrected chi connectivity index (χ0v) is 15.2. The zero-order valence-electron chi connectivity index (χ0n) is 15.2. The molecule has 1 aliphatic rings. The van der Waals surface area contributed by atoms with E-state index in [2.05, 4.69) is 5.10 Å². The van der Waals surface area contributed by atoms with Crippen LogP contribution in [0.1, 0.15) is 20.7 Å². The summed E-state index contributed by atoms with van der Waals surface area (Å²) in [5.41, 5.74) is 1.71. The molecular weight excluding hydrogens is 359 g/mol. The van der Waals surface area contributed by atoms with Gasteiger partial charge in [-0.25, -0.2) is 9.07 Å². The molecule has 0 saturated carbocycles. The summed E-state index contributed by atoms with van der Waals surface area (Å²) in [6.45, 7) is 1.68. The van der Waals surface area contributed by atoms with E-state index in [1.54, 1.807) is 32.9 Å². The van der Waals surface area contributed by atoms with Gasteiger partial charge in [0.1, 0.15) is 5.82 Å². The Bertz CT molecular complexity index is 994. The molecule has 6 nitrogen and oxygen atoms in total. The van der Waals surface area contributed by atoms with Gasteiger partial charge in [-0.3, -0.25) is 9.59 Å². The number of hydrogen-bond donors (Lipinski definition) is 0. The van der Waals surface area contributed by atoms with Gasteiger partial charge in [0.2, 0.25) is 0 Å². The first-order chi connectivity index (χ1) is 13.6. The van der Waals surface area contributed by atoms with Gasteiger partial charge in [-0.2, -0.15) is 5.10 Å². The minimum atomic E-state index is -0.435. The summed E-state index contributed by atoms with van der Waals surface area (Å²) >= 11 is 0. The minimum absolute atomic E-state index is 0.111. The van der Waals surface area contributed by atoms with Gasteiger partial charge in [-0.15, -0.1) is 0 Å². The number of amides is 2. The van der Waals surface area contributed by atoms with Gasteiger partial charge in [-0.05, 0) is 30.3 Å². The maximum absolute atomic E-state index is 13.3. The Morgan fingerprint density at radius 3 is 2.11 bits per heavy atom. The summed E-state index contributed by atoms with van der Waals surface area (Å²) in [7, 11) is 0. The predicted octanol–water partition coefficient (Wildman–Crippen LogP) is 2.61. The lowest BCUT2D eigenvalue weighted by Crippen LogP contribution is -2.50. The second-order valence-corrected chi connectivity index (χ2v) is 6.60. The molecule has 0 unspecified atom stereocenters. The molecule has 2 aromatic carbocycles. The third kappa shape index (κ3) is 3.64. The highest BCUT2D eigenvalue weighted by molar-refractivity contribution is 5.95. The minimum Gasteiger partial charge on any atom is -0.335 e. The van der Waals surface area contributed by atoms with Crippen LogP contribution in [0, 0.1) is 5.82 Å². The van der Waals surface area contributed by atoms with Gasteiger partial charge in [-0.1, -0.05) is 24.3 Å². The molecule has 3 aromatic rings. The first-order valence-electron chi connectivity index (χ1n) is 9.06. The van der Waals surface area contributed by atoms with Crippen LogP contribution in [0.15, 0.2) is 67.0 Å². The van der Waals surface area contributed by atoms with E-state index in [1.807, 2.05) is 30.3 Å². The molecule has 1 fully saturated rings. The number of piperazine rings is 1. The van der Waals surface area contributed by atoms with Crippen molar-refractivity contribution < 1.29 is 14.0 Å². The van der Waals surface area contributed by atoms with Crippen LogP contribution in [-0.4, -0.2) is 57.6 Å². The third-order valence-electron chi connectivity index (χ3n) is 4.78. The first-order valence-corrected chi connectivity index (χ1v) is 9.06. The number of rotatable bonds is 3. The highest BCUT2D eigenvalue weighted by Crippen LogP contribution is 2.14. The average molecular weight is 378 g/mol. The Morgan fingerprint density at radius 1 is 0.821 bits per heavy atom. The number of nitrogens with zero attached hydrogens (tertiary/aromatic N) is 4. The van der Waals surface area contributed by atoms with E-state index in [1.165, 1.54) is 18.2 Å². The van der Waals surface area contributed by atoms with E-state index in [0.717, 1.165) is 5.69 Å². The molecule has 1 aromatic heterocycles. The molecule has 0 atom stereocenters. The van der Waals surface area contributed by atoms with Crippen molar-refractivity contribution in [1.82, 2.24) is 19.6 Å². The molecule has 0 N–H and O–H groups in total. The lowest BCUT2D eigenvalue weighted by molar-refractivity contribution is 0.0535. The summed E-state index contributed by atoms with van der Waals surface area (Å²) in [6, 6.07) is 15.2. The maximum atomic E-state index is 13.3. The van der Waals surface area contributed by atoms with Crippen LogP contribution in [-0.2, 0) is 0 Å². The normalized spacial score (nSPS) is 14.2. The van der Waals surface area contributed by atoms with Crippen molar-refractivity contribution in [1.29, 1.82) is 0 Å². The Hall–Kier alpha value is -3.48. The van der Waals surface area contributed by atoms with Crippen LogP contribution in [0.2, 0.25) is 0 Å². The van der Waals surface area contributed by atoms with Crippen LogP contribution in [0.4, 0.5) is 4.39 Å². The molecule has 28 heavy (non-hydrogen) atoms. The van der Waals surface area contributed by atoms with Crippen LogP contribution in [0.25, 0.3) is 5.69 Å². The number of para-hydroxylation sites is 1. The van der Waals surface area contributed by atoms with Crippen LogP contribution in [0.5, 0.6) is 0 Å². The first kappa shape index (κ1) is 17.9. The fraction of sp³-hybridized carbons (Fsp3) is 0.190. The van der Waals surface area contributed by atoms with Crippen LogP contribution < -0.4 is 0 Å². The van der Waals surface area contributed by atoms with Gasteiger partial charge in [0.05, 0.1) is 17.4 Å². The molecule has 142 valence electrons. The molecule has 0 spiro atoms. The number of carbonyl (C=O) groups excluding carboxylic acids is 2. The highest BCUT2D eigenvalue weighted by Gasteiger charge is 2.26. The number of carbonyl (C=O) groups is 2. The van der Waals surface area contributed by atoms with Gasteiger partial charge in [0.25, 0.3) is 11.8 Å². The van der Waals surface area contributed by atoms with E-state index in [0.29, 0.717) is 37.3 Å². The summed E-state index contributed by atoms with van der Waals surface area (Å²) < 4.78 is 15.0. The fourth-order valence-corrected chi connectivity index (χ4v) is 3.25. The van der Waals surface area contributed by atoms with E-state index in [4.69, 9.17) is 0 Å². The number of benzene rings is 2. The van der Waals surface area contributed by atoms with Gasteiger partial charge in [0.15, 0.2) is 0 Å². The van der Waals surface area contributed by atoms with E-state index in [9.17, 15) is 14.0 Å². The molecule has 7 heteroatoms. The SMILES string of the molecule is O=C(c1cccc(F)c1)N1CCN(C(=O)c2cnn(-c3ccccc3)c2)CC1. The number of aromatic nitrogens is 2. The molecule has 0 radical (unpaired) electrons. The van der Waals surface area contributed by atoms with E-state index < -0.39 is 5.82 Å². The second-order valence-electron chi connectivity index (χ2n) is 6.60. The van der Waals surface area contributed by atoms with Crippen molar-refractivity contribution in [3.8, 4) is 5.69 Å². The van der Waals surface area contributed by atoms with Crippen molar-refractivity contribution in [3.05, 3.63) is 83.9 Å². The topological polar surface area (TPSA) is 58.4 Å². The monoisotopic (exact) mass is 378 g/mol. The molecule has 1 saturated heterocycles. The Balaban J connectivity index is 1.39. The standard InChI is InChI=1S/C21H19FN4O2/c22-18-6-4-5-16(13-18)20(27)24-9-11-25(12-10-24)21(28)17-14-23-26(15-17)19-7-2-1-3-8-19/h1-8,13-15H,9-12H2. The third-order valence-corrected chi connectivity index (χ3v) is 4.78. The summed E-state index contributed by atoms with van der Waals surface area (Å²) in [5.74, 6) is -0.765. The van der Waals surface area contributed by atoms with Gasteiger partial charge < -0.3 is 9.80 Å². The van der Waals surface area contributed by atoms with E-state index in [-0.39, 0.29) is 11.8 Å². The average Bonchev–Trinajstić information content (AvgIpc) is 3.24. The van der Waals surface area contributed by atoms with Crippen molar-refractivity contribution in [2.24, 2.45) is 0 Å². The zero-order chi connectivity index (χ0) is 19.5. The number of hydrogen-bond acceptors (Lipinski definition) is 3. The van der Waals surface area contributed by atoms with E-state index >= 15 is 0 Å². The van der Waals surface area contributed by atoms with Gasteiger partial charge in [0, 0.05) is 37.9 Å². The quantitative estimate of drug-likeness (QED) is 0.704. The smallest absolute Gasteiger partial charge is 0.257 e. The second kappa shape index (κ2) is 7.64. The summed E-state index contributed by atoms with van der Waals surface area (Å²) in [5, 5.41) is 4.26. The molecule has 2 heterocycles. The maximum Gasteiger partial charge on any atom is 0.257 e. The largest absolute Gasteiger partial charge is 0.335 e. The molecular formula is C21H19FN4O2. The van der Waals surface area contributed by atoms with Crippen molar-refractivity contribution >= 4 is 11.8 Å². The molecule has 0 bridgehead atoms. The molecule has 0 aliphatic carbocycles. The fourth-order valence-electron chi connectivity index (χ4n) is 3.25. The van der Waals surface area contributed by atoms with Gasteiger partial charge >= 0.3 is 0 Å².